The molecule has 1 heterocycles. The third kappa shape index (κ3) is 7.97. The Bertz CT molecular complexity index is 1030. The van der Waals surface area contributed by atoms with Crippen molar-refractivity contribution in [2.45, 2.75) is 19.9 Å². The van der Waals surface area contributed by atoms with E-state index in [1.165, 1.54) is 7.11 Å². The van der Waals surface area contributed by atoms with Gasteiger partial charge in [-0.3, -0.25) is 4.79 Å². The van der Waals surface area contributed by atoms with Crippen LogP contribution in [0.5, 0.6) is 17.4 Å². The maximum absolute atomic E-state index is 12.2. The highest BCUT2D eigenvalue weighted by molar-refractivity contribution is 6.32. The van der Waals surface area contributed by atoms with Crippen molar-refractivity contribution in [3.8, 4) is 17.4 Å². The van der Waals surface area contributed by atoms with Gasteiger partial charge in [-0.2, -0.15) is 0 Å². The van der Waals surface area contributed by atoms with Crippen LogP contribution < -0.4 is 24.8 Å². The SMILES string of the molecule is COc1cc(CNCCCOc2ccccn2)cc(Cl)c1OCC(=O)Nc1ccc(C)cc1. The van der Waals surface area contributed by atoms with Gasteiger partial charge in [0.25, 0.3) is 5.91 Å². The molecule has 0 bridgehead atoms. The van der Waals surface area contributed by atoms with Crippen molar-refractivity contribution in [2.24, 2.45) is 0 Å². The van der Waals surface area contributed by atoms with Gasteiger partial charge in [0.2, 0.25) is 5.88 Å². The lowest BCUT2D eigenvalue weighted by Gasteiger charge is -2.15. The summed E-state index contributed by atoms with van der Waals surface area (Å²) in [4.78, 5) is 16.3. The van der Waals surface area contributed by atoms with Gasteiger partial charge in [-0.25, -0.2) is 4.98 Å². The van der Waals surface area contributed by atoms with Crippen LogP contribution >= 0.6 is 11.6 Å². The largest absolute Gasteiger partial charge is 0.493 e. The number of anilines is 1. The molecule has 0 fully saturated rings. The molecule has 3 aromatic rings. The molecule has 0 radical (unpaired) electrons. The monoisotopic (exact) mass is 469 g/mol. The second kappa shape index (κ2) is 12.7. The van der Waals surface area contributed by atoms with Crippen molar-refractivity contribution in [1.29, 1.82) is 0 Å². The van der Waals surface area contributed by atoms with Crippen molar-refractivity contribution in [1.82, 2.24) is 10.3 Å². The quantitative estimate of drug-likeness (QED) is 0.376. The van der Waals surface area contributed by atoms with Gasteiger partial charge in [0.05, 0.1) is 18.7 Å². The van der Waals surface area contributed by atoms with Crippen molar-refractivity contribution in [3.05, 3.63) is 76.9 Å². The average molecular weight is 470 g/mol. The number of methoxy groups -OCH3 is 1. The first kappa shape index (κ1) is 24.4. The van der Waals surface area contributed by atoms with E-state index < -0.39 is 0 Å². The topological polar surface area (TPSA) is 81.7 Å². The molecule has 2 N–H and O–H groups in total. The summed E-state index contributed by atoms with van der Waals surface area (Å²) in [5, 5.41) is 6.52. The first-order chi connectivity index (χ1) is 16.0. The van der Waals surface area contributed by atoms with Crippen LogP contribution in [-0.4, -0.2) is 37.8 Å². The molecule has 0 saturated heterocycles. The summed E-state index contributed by atoms with van der Waals surface area (Å²) in [6.45, 7) is 3.75. The third-order valence-corrected chi connectivity index (χ3v) is 4.97. The normalized spacial score (nSPS) is 10.5. The molecule has 33 heavy (non-hydrogen) atoms. The van der Waals surface area contributed by atoms with Gasteiger partial charge in [-0.15, -0.1) is 0 Å². The van der Waals surface area contributed by atoms with Crippen LogP contribution in [0.15, 0.2) is 60.8 Å². The molecule has 0 aliphatic carbocycles. The number of nitrogens with zero attached hydrogens (tertiary/aromatic N) is 1. The number of ether oxygens (including phenoxy) is 3. The summed E-state index contributed by atoms with van der Waals surface area (Å²) < 4.78 is 16.7. The van der Waals surface area contributed by atoms with E-state index in [9.17, 15) is 4.79 Å². The molecule has 1 amide bonds. The van der Waals surface area contributed by atoms with E-state index >= 15 is 0 Å². The minimum atomic E-state index is -0.282. The lowest BCUT2D eigenvalue weighted by molar-refractivity contribution is -0.118. The maximum atomic E-state index is 12.2. The molecular formula is C25H28ClN3O4. The maximum Gasteiger partial charge on any atom is 0.262 e. The number of rotatable bonds is 12. The molecule has 0 atom stereocenters. The molecule has 0 spiro atoms. The average Bonchev–Trinajstić information content (AvgIpc) is 2.82. The highest BCUT2D eigenvalue weighted by Crippen LogP contribution is 2.36. The van der Waals surface area contributed by atoms with E-state index in [-0.39, 0.29) is 12.5 Å². The minimum absolute atomic E-state index is 0.183. The van der Waals surface area contributed by atoms with Crippen molar-refractivity contribution < 1.29 is 19.0 Å². The second-order valence-corrected chi connectivity index (χ2v) is 7.77. The number of amides is 1. The molecule has 0 aliphatic heterocycles. The number of aromatic nitrogens is 1. The Morgan fingerprint density at radius 2 is 1.91 bits per heavy atom. The minimum Gasteiger partial charge on any atom is -0.493 e. The Kier molecular flexibility index (Phi) is 9.35. The van der Waals surface area contributed by atoms with Gasteiger partial charge in [0.1, 0.15) is 0 Å². The van der Waals surface area contributed by atoms with Crippen LogP contribution in [0.3, 0.4) is 0 Å². The zero-order valence-corrected chi connectivity index (χ0v) is 19.5. The number of hydrogen-bond donors (Lipinski definition) is 2. The smallest absolute Gasteiger partial charge is 0.262 e. The highest BCUT2D eigenvalue weighted by atomic mass is 35.5. The first-order valence-electron chi connectivity index (χ1n) is 10.7. The number of benzene rings is 2. The second-order valence-electron chi connectivity index (χ2n) is 7.36. The lowest BCUT2D eigenvalue weighted by Crippen LogP contribution is -2.20. The van der Waals surface area contributed by atoms with Gasteiger partial charge in [-0.1, -0.05) is 35.4 Å². The molecule has 8 heteroatoms. The van der Waals surface area contributed by atoms with Gasteiger partial charge < -0.3 is 24.8 Å². The fourth-order valence-corrected chi connectivity index (χ4v) is 3.31. The van der Waals surface area contributed by atoms with Crippen LogP contribution in [0.2, 0.25) is 5.02 Å². The summed E-state index contributed by atoms with van der Waals surface area (Å²) in [5.74, 6) is 1.15. The fourth-order valence-electron chi connectivity index (χ4n) is 3.03. The zero-order chi connectivity index (χ0) is 23.5. The standard InChI is InChI=1S/C25H28ClN3O4/c1-18-7-9-20(10-8-18)29-23(30)17-33-25-21(26)14-19(15-22(25)31-2)16-27-11-5-13-32-24-6-3-4-12-28-24/h3-4,6-10,12,14-15,27H,5,11,13,16-17H2,1-2H3,(H,29,30). The molecule has 0 saturated carbocycles. The van der Waals surface area contributed by atoms with Crippen molar-refractivity contribution in [3.63, 3.8) is 0 Å². The Balaban J connectivity index is 1.45. The van der Waals surface area contributed by atoms with Gasteiger partial charge >= 0.3 is 0 Å². The van der Waals surface area contributed by atoms with Crippen LogP contribution in [-0.2, 0) is 11.3 Å². The Morgan fingerprint density at radius 1 is 1.09 bits per heavy atom. The fraction of sp³-hybridized carbons (Fsp3) is 0.280. The number of hydrogen-bond acceptors (Lipinski definition) is 6. The molecule has 3 rings (SSSR count). The summed E-state index contributed by atoms with van der Waals surface area (Å²) in [6, 6.07) is 16.8. The van der Waals surface area contributed by atoms with E-state index in [0.717, 1.165) is 24.1 Å². The number of carbonyl (C=O) groups is 1. The van der Waals surface area contributed by atoms with Gasteiger partial charge in [0, 0.05) is 24.5 Å². The van der Waals surface area contributed by atoms with E-state index in [1.54, 1.807) is 12.3 Å². The molecule has 0 unspecified atom stereocenters. The molecule has 7 nitrogen and oxygen atoms in total. The molecule has 0 aliphatic rings. The Morgan fingerprint density at radius 3 is 2.64 bits per heavy atom. The van der Waals surface area contributed by atoms with Crippen LogP contribution in [0.25, 0.3) is 0 Å². The predicted molar refractivity (Wildman–Crippen MR) is 129 cm³/mol. The summed E-state index contributed by atoms with van der Waals surface area (Å²) in [7, 11) is 1.54. The van der Waals surface area contributed by atoms with Crippen LogP contribution in [0, 0.1) is 6.92 Å². The van der Waals surface area contributed by atoms with E-state index in [4.69, 9.17) is 25.8 Å². The molecular weight excluding hydrogens is 442 g/mol. The van der Waals surface area contributed by atoms with Crippen LogP contribution in [0.1, 0.15) is 17.5 Å². The number of aryl methyl sites for hydroxylation is 1. The Hall–Kier alpha value is -3.29. The predicted octanol–water partition coefficient (Wildman–Crippen LogP) is 4.63. The number of pyridine rings is 1. The summed E-state index contributed by atoms with van der Waals surface area (Å²) in [6.07, 6.45) is 2.54. The van der Waals surface area contributed by atoms with E-state index in [1.807, 2.05) is 55.5 Å². The lowest BCUT2D eigenvalue weighted by atomic mass is 10.2. The van der Waals surface area contributed by atoms with E-state index in [2.05, 4.69) is 15.6 Å². The highest BCUT2D eigenvalue weighted by Gasteiger charge is 2.14. The molecule has 1 aromatic heterocycles. The number of halogens is 1. The van der Waals surface area contributed by atoms with Gasteiger partial charge in [-0.05, 0) is 55.8 Å². The molecule has 2 aromatic carbocycles. The van der Waals surface area contributed by atoms with E-state index in [0.29, 0.717) is 41.2 Å². The van der Waals surface area contributed by atoms with Gasteiger partial charge in [0.15, 0.2) is 18.1 Å². The number of carbonyl (C=O) groups excluding carboxylic acids is 1. The van der Waals surface area contributed by atoms with Crippen molar-refractivity contribution in [2.75, 3.05) is 32.2 Å². The Labute approximate surface area is 199 Å². The zero-order valence-electron chi connectivity index (χ0n) is 18.8. The molecule has 174 valence electrons. The third-order valence-electron chi connectivity index (χ3n) is 4.69. The first-order valence-corrected chi connectivity index (χ1v) is 11.0. The van der Waals surface area contributed by atoms with Crippen LogP contribution in [0.4, 0.5) is 5.69 Å². The van der Waals surface area contributed by atoms with Crippen molar-refractivity contribution >= 4 is 23.2 Å². The summed E-state index contributed by atoms with van der Waals surface area (Å²) >= 11 is 6.41. The number of nitrogens with one attached hydrogen (secondary N) is 2. The summed E-state index contributed by atoms with van der Waals surface area (Å²) in [5.41, 5.74) is 2.77.